The molecule has 0 amide bonds. The van der Waals surface area contributed by atoms with E-state index >= 15 is 0 Å². The van der Waals surface area contributed by atoms with Crippen LogP contribution in [0.5, 0.6) is 11.5 Å². The molecule has 0 saturated carbocycles. The first-order valence-electron chi connectivity index (χ1n) is 7.69. The van der Waals surface area contributed by atoms with Crippen molar-refractivity contribution in [1.82, 2.24) is 4.57 Å². The lowest BCUT2D eigenvalue weighted by Gasteiger charge is -2.13. The van der Waals surface area contributed by atoms with E-state index in [2.05, 4.69) is 0 Å². The van der Waals surface area contributed by atoms with E-state index < -0.39 is 0 Å². The topological polar surface area (TPSA) is 68.5 Å². The monoisotopic (exact) mass is 323 g/mol. The minimum absolute atomic E-state index is 0.0283. The summed E-state index contributed by atoms with van der Waals surface area (Å²) in [6, 6.07) is 16.3. The van der Waals surface area contributed by atoms with E-state index in [4.69, 9.17) is 9.84 Å². The van der Waals surface area contributed by atoms with Crippen LogP contribution in [0.4, 0.5) is 0 Å². The Morgan fingerprint density at radius 2 is 1.83 bits per heavy atom. The van der Waals surface area contributed by atoms with E-state index in [1.165, 1.54) is 4.57 Å². The number of carbonyl (C=O) groups excluding carboxylic acids is 1. The van der Waals surface area contributed by atoms with Gasteiger partial charge in [-0.1, -0.05) is 18.2 Å². The molecule has 5 nitrogen and oxygen atoms in total. The smallest absolute Gasteiger partial charge is 0.261 e. The molecule has 24 heavy (non-hydrogen) atoms. The predicted octanol–water partition coefficient (Wildman–Crippen LogP) is 2.99. The van der Waals surface area contributed by atoms with Gasteiger partial charge in [0.25, 0.3) is 5.56 Å². The van der Waals surface area contributed by atoms with Gasteiger partial charge in [0.05, 0.1) is 11.1 Å². The van der Waals surface area contributed by atoms with Gasteiger partial charge >= 0.3 is 0 Å². The van der Waals surface area contributed by atoms with Crippen LogP contribution in [0.1, 0.15) is 16.8 Å². The lowest BCUT2D eigenvalue weighted by molar-refractivity contribution is 0.112. The average molecular weight is 323 g/mol. The van der Waals surface area contributed by atoms with E-state index in [0.29, 0.717) is 36.3 Å². The van der Waals surface area contributed by atoms with E-state index in [0.717, 1.165) is 5.39 Å². The number of rotatable bonds is 6. The quantitative estimate of drug-likeness (QED) is 0.708. The van der Waals surface area contributed by atoms with Gasteiger partial charge in [-0.25, -0.2) is 0 Å². The number of hydrogen-bond acceptors (Lipinski definition) is 4. The summed E-state index contributed by atoms with van der Waals surface area (Å²) in [5.41, 5.74) is 0.424. The lowest BCUT2D eigenvalue weighted by Crippen LogP contribution is -2.24. The summed E-state index contributed by atoms with van der Waals surface area (Å²) in [6.07, 6.45) is 0.993. The van der Waals surface area contributed by atoms with Crippen molar-refractivity contribution in [3.8, 4) is 11.5 Å². The molecule has 0 aliphatic rings. The molecule has 1 aromatic heterocycles. The highest BCUT2D eigenvalue weighted by Gasteiger charge is 2.10. The number of aliphatic hydroxyl groups is 1. The summed E-state index contributed by atoms with van der Waals surface area (Å²) >= 11 is 0. The average Bonchev–Trinajstić information content (AvgIpc) is 2.61. The van der Waals surface area contributed by atoms with Crippen molar-refractivity contribution in [3.63, 3.8) is 0 Å². The molecule has 0 fully saturated rings. The molecule has 122 valence electrons. The second-order valence-corrected chi connectivity index (χ2v) is 5.39. The van der Waals surface area contributed by atoms with E-state index in [-0.39, 0.29) is 17.7 Å². The molecule has 1 N–H and O–H groups in total. The van der Waals surface area contributed by atoms with E-state index in [1.807, 2.05) is 36.4 Å². The predicted molar refractivity (Wildman–Crippen MR) is 91.8 cm³/mol. The van der Waals surface area contributed by atoms with E-state index in [1.54, 1.807) is 18.2 Å². The molecule has 0 unspecified atom stereocenters. The van der Waals surface area contributed by atoms with Crippen molar-refractivity contribution in [3.05, 3.63) is 70.5 Å². The van der Waals surface area contributed by atoms with Crippen molar-refractivity contribution in [2.75, 3.05) is 6.61 Å². The molecule has 0 aliphatic heterocycles. The number of ether oxygens (including phenoxy) is 1. The Morgan fingerprint density at radius 3 is 2.54 bits per heavy atom. The highest BCUT2D eigenvalue weighted by atomic mass is 16.5. The molecule has 3 aromatic rings. The summed E-state index contributed by atoms with van der Waals surface area (Å²) in [5, 5.41) is 9.83. The van der Waals surface area contributed by atoms with Crippen LogP contribution in [0.2, 0.25) is 0 Å². The summed E-state index contributed by atoms with van der Waals surface area (Å²) in [6.45, 7) is 0.307. The number of fused-ring (bicyclic) bond motifs is 1. The van der Waals surface area contributed by atoms with Crippen molar-refractivity contribution in [2.24, 2.45) is 0 Å². The molecule has 2 aromatic carbocycles. The van der Waals surface area contributed by atoms with Crippen molar-refractivity contribution in [2.45, 2.75) is 13.0 Å². The maximum absolute atomic E-state index is 12.4. The Kier molecular flexibility index (Phi) is 4.72. The Labute approximate surface area is 138 Å². The molecule has 0 saturated heterocycles. The highest BCUT2D eigenvalue weighted by molar-refractivity contribution is 5.87. The maximum Gasteiger partial charge on any atom is 0.261 e. The number of aromatic nitrogens is 1. The fourth-order valence-corrected chi connectivity index (χ4v) is 2.60. The van der Waals surface area contributed by atoms with Gasteiger partial charge in [0.2, 0.25) is 0 Å². The normalized spacial score (nSPS) is 10.7. The standard InChI is InChI=1S/C19H17NO4/c21-10-4-9-20-18-12-17(24-16-5-2-1-3-6-16)8-7-14(18)11-15(13-22)19(20)23/h1-3,5-8,11-13,21H,4,9-10H2. The number of aliphatic hydroxyl groups excluding tert-OH is 1. The van der Waals surface area contributed by atoms with Crippen LogP contribution in [0.25, 0.3) is 10.9 Å². The van der Waals surface area contributed by atoms with Crippen molar-refractivity contribution in [1.29, 1.82) is 0 Å². The molecular weight excluding hydrogens is 306 g/mol. The molecule has 1 heterocycles. The minimum atomic E-state index is -0.359. The van der Waals surface area contributed by atoms with Gasteiger partial charge in [0.15, 0.2) is 6.29 Å². The van der Waals surface area contributed by atoms with Crippen molar-refractivity contribution < 1.29 is 14.6 Å². The summed E-state index contributed by atoms with van der Waals surface area (Å²) in [4.78, 5) is 23.5. The third-order valence-electron chi connectivity index (χ3n) is 3.74. The van der Waals surface area contributed by atoms with Crippen LogP contribution in [0.15, 0.2) is 59.4 Å². The molecule has 0 bridgehead atoms. The fourth-order valence-electron chi connectivity index (χ4n) is 2.60. The van der Waals surface area contributed by atoms with Crippen LogP contribution < -0.4 is 10.3 Å². The van der Waals surface area contributed by atoms with Gasteiger partial charge in [-0.15, -0.1) is 0 Å². The second kappa shape index (κ2) is 7.10. The number of hydrogen-bond donors (Lipinski definition) is 1. The van der Waals surface area contributed by atoms with Crippen LogP contribution in [0.3, 0.4) is 0 Å². The summed E-state index contributed by atoms with van der Waals surface area (Å²) in [7, 11) is 0. The number of pyridine rings is 1. The van der Waals surface area contributed by atoms with Crippen LogP contribution in [-0.2, 0) is 6.54 Å². The molecule has 5 heteroatoms. The third kappa shape index (κ3) is 3.21. The molecule has 0 atom stereocenters. The Morgan fingerprint density at radius 1 is 1.04 bits per heavy atom. The van der Waals surface area contributed by atoms with Gasteiger partial charge in [0, 0.05) is 19.2 Å². The second-order valence-electron chi connectivity index (χ2n) is 5.39. The Bertz CT molecular complexity index is 916. The zero-order valence-electron chi connectivity index (χ0n) is 13.0. The third-order valence-corrected chi connectivity index (χ3v) is 3.74. The van der Waals surface area contributed by atoms with Gasteiger partial charge < -0.3 is 14.4 Å². The SMILES string of the molecule is O=Cc1cc2ccc(Oc3ccccc3)cc2n(CCCO)c1=O. The van der Waals surface area contributed by atoms with Crippen molar-refractivity contribution >= 4 is 17.2 Å². The van der Waals surface area contributed by atoms with Gasteiger partial charge in [-0.3, -0.25) is 9.59 Å². The molecule has 0 radical (unpaired) electrons. The number of nitrogens with zero attached hydrogens (tertiary/aromatic N) is 1. The summed E-state index contributed by atoms with van der Waals surface area (Å²) in [5.74, 6) is 1.30. The number of benzene rings is 2. The number of aryl methyl sites for hydroxylation is 1. The van der Waals surface area contributed by atoms with E-state index in [9.17, 15) is 9.59 Å². The minimum Gasteiger partial charge on any atom is -0.457 e. The highest BCUT2D eigenvalue weighted by Crippen LogP contribution is 2.25. The largest absolute Gasteiger partial charge is 0.457 e. The Balaban J connectivity index is 2.09. The maximum atomic E-state index is 12.4. The fraction of sp³-hybridized carbons (Fsp3) is 0.158. The first-order valence-corrected chi connectivity index (χ1v) is 7.69. The summed E-state index contributed by atoms with van der Waals surface area (Å²) < 4.78 is 7.32. The molecule has 0 spiro atoms. The first kappa shape index (κ1) is 16.0. The van der Waals surface area contributed by atoms with Gasteiger partial charge in [-0.2, -0.15) is 0 Å². The lowest BCUT2D eigenvalue weighted by atomic mass is 10.1. The van der Waals surface area contributed by atoms with Crippen LogP contribution >= 0.6 is 0 Å². The molecular formula is C19H17NO4. The van der Waals surface area contributed by atoms with Gasteiger partial charge in [0.1, 0.15) is 11.5 Å². The number of carbonyl (C=O) groups is 1. The zero-order chi connectivity index (χ0) is 16.9. The first-order chi connectivity index (χ1) is 11.7. The molecule has 3 rings (SSSR count). The van der Waals surface area contributed by atoms with Crippen LogP contribution in [-0.4, -0.2) is 22.6 Å². The number of aldehydes is 1. The van der Waals surface area contributed by atoms with Gasteiger partial charge in [-0.05, 0) is 42.1 Å². The zero-order valence-corrected chi connectivity index (χ0v) is 13.0. The number of para-hydroxylation sites is 1. The molecule has 0 aliphatic carbocycles. The van der Waals surface area contributed by atoms with Crippen LogP contribution in [0, 0.1) is 0 Å². The Hall–Kier alpha value is -2.92.